The van der Waals surface area contributed by atoms with Crippen LogP contribution in [0.25, 0.3) is 10.2 Å². The van der Waals surface area contributed by atoms with Crippen LogP contribution in [-0.4, -0.2) is 31.0 Å². The Balaban J connectivity index is 1.61. The van der Waals surface area contributed by atoms with Gasteiger partial charge in [-0.3, -0.25) is 9.59 Å². The molecule has 1 heterocycles. The molecule has 0 aliphatic heterocycles. The predicted molar refractivity (Wildman–Crippen MR) is 110 cm³/mol. The van der Waals surface area contributed by atoms with Crippen LogP contribution in [0, 0.1) is 0 Å². The number of methoxy groups -OCH3 is 2. The Hall–Kier alpha value is -3.13. The largest absolute Gasteiger partial charge is 0.493 e. The summed E-state index contributed by atoms with van der Waals surface area (Å²) in [4.78, 5) is 27.8. The Morgan fingerprint density at radius 1 is 1.04 bits per heavy atom. The third-order valence-corrected chi connectivity index (χ3v) is 4.98. The van der Waals surface area contributed by atoms with Crippen molar-refractivity contribution < 1.29 is 19.1 Å². The summed E-state index contributed by atoms with van der Waals surface area (Å²) < 4.78 is 11.4. The molecule has 146 valence electrons. The summed E-state index contributed by atoms with van der Waals surface area (Å²) in [5.74, 6) is 0.935. The lowest BCUT2D eigenvalue weighted by molar-refractivity contribution is -0.116. The molecular formula is C20H21N3O4S. The van der Waals surface area contributed by atoms with Crippen molar-refractivity contribution >= 4 is 44.2 Å². The standard InChI is InChI=1S/C20H21N3O4S/c1-12(24)21-20-23-15-7-4-13(10-18(15)28-20)5-9-19(25)22-14-6-8-16(26-2)17(11-14)27-3/h4,6-8,10-11H,5,9H2,1-3H3,(H,22,25)(H,21,23,24). The number of aryl methyl sites for hydroxylation is 1. The fourth-order valence-corrected chi connectivity index (χ4v) is 3.70. The first-order valence-corrected chi connectivity index (χ1v) is 9.49. The second-order valence-corrected chi connectivity index (χ2v) is 7.15. The summed E-state index contributed by atoms with van der Waals surface area (Å²) in [7, 11) is 3.12. The summed E-state index contributed by atoms with van der Waals surface area (Å²) in [6.45, 7) is 1.45. The molecule has 2 N–H and O–H groups in total. The lowest BCUT2D eigenvalue weighted by Crippen LogP contribution is -2.12. The van der Waals surface area contributed by atoms with Gasteiger partial charge in [-0.1, -0.05) is 17.4 Å². The first kappa shape index (κ1) is 19.6. The lowest BCUT2D eigenvalue weighted by atomic mass is 10.1. The van der Waals surface area contributed by atoms with Gasteiger partial charge >= 0.3 is 0 Å². The first-order chi connectivity index (χ1) is 13.5. The van der Waals surface area contributed by atoms with Crippen LogP contribution in [0.15, 0.2) is 36.4 Å². The minimum Gasteiger partial charge on any atom is -0.493 e. The minimum absolute atomic E-state index is 0.0874. The molecule has 28 heavy (non-hydrogen) atoms. The lowest BCUT2D eigenvalue weighted by Gasteiger charge is -2.10. The molecule has 1 aromatic heterocycles. The molecule has 0 aliphatic carbocycles. The summed E-state index contributed by atoms with van der Waals surface area (Å²) in [5.41, 5.74) is 2.51. The molecule has 0 radical (unpaired) electrons. The van der Waals surface area contributed by atoms with E-state index in [2.05, 4.69) is 15.6 Å². The Labute approximate surface area is 166 Å². The first-order valence-electron chi connectivity index (χ1n) is 8.67. The van der Waals surface area contributed by atoms with Crippen molar-refractivity contribution in [2.45, 2.75) is 19.8 Å². The van der Waals surface area contributed by atoms with Gasteiger partial charge in [0.2, 0.25) is 11.8 Å². The van der Waals surface area contributed by atoms with E-state index in [1.807, 2.05) is 18.2 Å². The highest BCUT2D eigenvalue weighted by atomic mass is 32.1. The number of ether oxygens (including phenoxy) is 2. The molecular weight excluding hydrogens is 378 g/mol. The van der Waals surface area contributed by atoms with Gasteiger partial charge in [0.1, 0.15) is 0 Å². The zero-order chi connectivity index (χ0) is 20.1. The van der Waals surface area contributed by atoms with Crippen LogP contribution in [0.1, 0.15) is 18.9 Å². The smallest absolute Gasteiger partial charge is 0.224 e. The van der Waals surface area contributed by atoms with E-state index in [0.29, 0.717) is 35.2 Å². The molecule has 0 saturated carbocycles. The maximum atomic E-state index is 12.3. The van der Waals surface area contributed by atoms with Crippen molar-refractivity contribution in [3.8, 4) is 11.5 Å². The van der Waals surface area contributed by atoms with Crippen LogP contribution < -0.4 is 20.1 Å². The molecule has 0 spiro atoms. The average Bonchev–Trinajstić information content (AvgIpc) is 3.06. The van der Waals surface area contributed by atoms with E-state index in [1.165, 1.54) is 18.3 Å². The summed E-state index contributed by atoms with van der Waals surface area (Å²) in [6.07, 6.45) is 0.944. The third-order valence-electron chi connectivity index (χ3n) is 4.04. The van der Waals surface area contributed by atoms with Crippen molar-refractivity contribution in [2.24, 2.45) is 0 Å². The molecule has 2 amide bonds. The molecule has 2 aromatic carbocycles. The number of aromatic nitrogens is 1. The number of carbonyl (C=O) groups excluding carboxylic acids is 2. The SMILES string of the molecule is COc1ccc(NC(=O)CCc2ccc3nc(NC(C)=O)sc3c2)cc1OC. The number of nitrogens with one attached hydrogen (secondary N) is 2. The fourth-order valence-electron chi connectivity index (χ4n) is 2.72. The molecule has 0 saturated heterocycles. The van der Waals surface area contributed by atoms with Crippen LogP contribution in [0.5, 0.6) is 11.5 Å². The molecule has 8 heteroatoms. The molecule has 7 nitrogen and oxygen atoms in total. The van der Waals surface area contributed by atoms with Crippen LogP contribution in [0.4, 0.5) is 10.8 Å². The number of nitrogens with zero attached hydrogens (tertiary/aromatic N) is 1. The van der Waals surface area contributed by atoms with E-state index in [0.717, 1.165) is 15.8 Å². The maximum absolute atomic E-state index is 12.3. The number of hydrogen-bond donors (Lipinski definition) is 2. The monoisotopic (exact) mass is 399 g/mol. The third kappa shape index (κ3) is 4.77. The number of rotatable bonds is 7. The topological polar surface area (TPSA) is 89.5 Å². The van der Waals surface area contributed by atoms with Crippen molar-refractivity contribution in [2.75, 3.05) is 24.9 Å². The van der Waals surface area contributed by atoms with Gasteiger partial charge < -0.3 is 20.1 Å². The second kappa shape index (κ2) is 8.71. The van der Waals surface area contributed by atoms with Gasteiger partial charge in [0, 0.05) is 25.1 Å². The Kier molecular flexibility index (Phi) is 6.10. The number of fused-ring (bicyclic) bond motifs is 1. The highest BCUT2D eigenvalue weighted by Crippen LogP contribution is 2.30. The molecule has 3 rings (SSSR count). The van der Waals surface area contributed by atoms with Gasteiger partial charge in [-0.15, -0.1) is 0 Å². The Morgan fingerprint density at radius 2 is 1.82 bits per heavy atom. The summed E-state index contributed by atoms with van der Waals surface area (Å²) in [6, 6.07) is 11.1. The molecule has 0 aliphatic rings. The highest BCUT2D eigenvalue weighted by Gasteiger charge is 2.09. The van der Waals surface area contributed by atoms with Crippen molar-refractivity contribution in [3.05, 3.63) is 42.0 Å². The molecule has 0 fully saturated rings. The molecule has 0 bridgehead atoms. The van der Waals surface area contributed by atoms with E-state index < -0.39 is 0 Å². The second-order valence-electron chi connectivity index (χ2n) is 6.12. The Morgan fingerprint density at radius 3 is 2.54 bits per heavy atom. The van der Waals surface area contributed by atoms with Crippen LogP contribution in [0.3, 0.4) is 0 Å². The zero-order valence-corrected chi connectivity index (χ0v) is 16.7. The van der Waals surface area contributed by atoms with Gasteiger partial charge in [-0.2, -0.15) is 0 Å². The van der Waals surface area contributed by atoms with Crippen molar-refractivity contribution in [1.82, 2.24) is 4.98 Å². The zero-order valence-electron chi connectivity index (χ0n) is 15.9. The predicted octanol–water partition coefficient (Wildman–Crippen LogP) is 3.84. The van der Waals surface area contributed by atoms with Crippen molar-refractivity contribution in [3.63, 3.8) is 0 Å². The summed E-state index contributed by atoms with van der Waals surface area (Å²) >= 11 is 1.41. The number of benzene rings is 2. The molecule has 0 unspecified atom stereocenters. The number of amides is 2. The number of anilines is 2. The van der Waals surface area contributed by atoms with Crippen molar-refractivity contribution in [1.29, 1.82) is 0 Å². The number of hydrogen-bond acceptors (Lipinski definition) is 6. The van der Waals surface area contributed by atoms with Gasteiger partial charge in [0.25, 0.3) is 0 Å². The van der Waals surface area contributed by atoms with Gasteiger partial charge in [0.05, 0.1) is 24.4 Å². The maximum Gasteiger partial charge on any atom is 0.224 e. The Bertz CT molecular complexity index is 1020. The minimum atomic E-state index is -0.147. The van der Waals surface area contributed by atoms with E-state index in [9.17, 15) is 9.59 Å². The quantitative estimate of drug-likeness (QED) is 0.630. The van der Waals surface area contributed by atoms with Crippen LogP contribution in [0.2, 0.25) is 0 Å². The highest BCUT2D eigenvalue weighted by molar-refractivity contribution is 7.22. The van der Waals surface area contributed by atoms with Crippen LogP contribution in [-0.2, 0) is 16.0 Å². The van der Waals surface area contributed by atoms with E-state index in [4.69, 9.17) is 9.47 Å². The summed E-state index contributed by atoms with van der Waals surface area (Å²) in [5, 5.41) is 6.14. The van der Waals surface area contributed by atoms with Gasteiger partial charge in [0.15, 0.2) is 16.6 Å². The van der Waals surface area contributed by atoms with Gasteiger partial charge in [-0.25, -0.2) is 4.98 Å². The van der Waals surface area contributed by atoms with Crippen LogP contribution >= 0.6 is 11.3 Å². The molecule has 3 aromatic rings. The average molecular weight is 399 g/mol. The van der Waals surface area contributed by atoms with E-state index in [-0.39, 0.29) is 11.8 Å². The number of carbonyl (C=O) groups is 2. The number of thiazole rings is 1. The fraction of sp³-hybridized carbons (Fsp3) is 0.250. The normalized spacial score (nSPS) is 10.5. The van der Waals surface area contributed by atoms with E-state index in [1.54, 1.807) is 32.4 Å². The van der Waals surface area contributed by atoms with E-state index >= 15 is 0 Å². The van der Waals surface area contributed by atoms with Gasteiger partial charge in [-0.05, 0) is 36.2 Å². The molecule has 0 atom stereocenters.